The molecule has 1 N–H and O–H groups in total. The molecule has 0 aliphatic heterocycles. The van der Waals surface area contributed by atoms with Crippen molar-refractivity contribution < 1.29 is 18.3 Å². The molecule has 7 heteroatoms. The zero-order valence-corrected chi connectivity index (χ0v) is 12.6. The van der Waals surface area contributed by atoms with Crippen LogP contribution in [0.5, 0.6) is 5.88 Å². The van der Waals surface area contributed by atoms with E-state index in [1.807, 2.05) is 13.8 Å². The van der Waals surface area contributed by atoms with Crippen molar-refractivity contribution in [2.75, 3.05) is 11.9 Å². The number of amides is 1. The van der Waals surface area contributed by atoms with Crippen LogP contribution in [0.2, 0.25) is 0 Å². The molecule has 1 amide bonds. The van der Waals surface area contributed by atoms with Gasteiger partial charge in [-0.2, -0.15) is 0 Å². The highest BCUT2D eigenvalue weighted by molar-refractivity contribution is 5.92. The van der Waals surface area contributed by atoms with Crippen LogP contribution in [-0.4, -0.2) is 22.5 Å². The Morgan fingerprint density at radius 2 is 2.09 bits per heavy atom. The summed E-state index contributed by atoms with van der Waals surface area (Å²) in [6, 6.07) is 5.91. The Bertz CT molecular complexity index is 876. The standard InChI is InChI=1S/C16H14FN3O3/c1-9-10(2)23-16-14(9)15(18-8-19-16)22-7-13(21)20-12-6-4-3-5-11(12)17/h3-6,8H,7H2,1-2H3,(H,20,21). The number of nitrogens with one attached hydrogen (secondary N) is 1. The topological polar surface area (TPSA) is 77.2 Å². The molecule has 2 aromatic heterocycles. The Morgan fingerprint density at radius 1 is 1.30 bits per heavy atom. The number of carbonyl (C=O) groups excluding carboxylic acids is 1. The summed E-state index contributed by atoms with van der Waals surface area (Å²) in [4.78, 5) is 19.9. The van der Waals surface area contributed by atoms with Crippen molar-refractivity contribution in [3.05, 3.63) is 47.7 Å². The Hall–Kier alpha value is -2.96. The molecule has 0 spiro atoms. The Labute approximate surface area is 131 Å². The molecule has 3 rings (SSSR count). The van der Waals surface area contributed by atoms with Gasteiger partial charge in [0.05, 0.1) is 5.69 Å². The quantitative estimate of drug-likeness (QED) is 0.801. The van der Waals surface area contributed by atoms with Gasteiger partial charge in [0.2, 0.25) is 11.6 Å². The van der Waals surface area contributed by atoms with E-state index >= 15 is 0 Å². The minimum Gasteiger partial charge on any atom is -0.467 e. The molecule has 3 aromatic rings. The van der Waals surface area contributed by atoms with Gasteiger partial charge in [-0.15, -0.1) is 0 Å². The molecule has 1 aromatic carbocycles. The number of benzene rings is 1. The molecule has 0 fully saturated rings. The van der Waals surface area contributed by atoms with Gasteiger partial charge in [0.25, 0.3) is 5.91 Å². The molecular formula is C16H14FN3O3. The van der Waals surface area contributed by atoms with Gasteiger partial charge >= 0.3 is 0 Å². The minimum absolute atomic E-state index is 0.101. The number of halogens is 1. The summed E-state index contributed by atoms with van der Waals surface area (Å²) in [6.45, 7) is 3.37. The first-order valence-electron chi connectivity index (χ1n) is 6.94. The fraction of sp³-hybridized carbons (Fsp3) is 0.188. The van der Waals surface area contributed by atoms with E-state index in [9.17, 15) is 9.18 Å². The van der Waals surface area contributed by atoms with Crippen molar-refractivity contribution in [3.8, 4) is 5.88 Å². The maximum atomic E-state index is 13.5. The maximum absolute atomic E-state index is 13.5. The zero-order chi connectivity index (χ0) is 16.4. The van der Waals surface area contributed by atoms with Crippen LogP contribution in [0.1, 0.15) is 11.3 Å². The first-order chi connectivity index (χ1) is 11.1. The fourth-order valence-corrected chi connectivity index (χ4v) is 2.14. The molecule has 0 aliphatic carbocycles. The van der Waals surface area contributed by atoms with E-state index in [1.54, 1.807) is 12.1 Å². The molecule has 23 heavy (non-hydrogen) atoms. The van der Waals surface area contributed by atoms with E-state index in [0.29, 0.717) is 16.9 Å². The second kappa shape index (κ2) is 6.04. The van der Waals surface area contributed by atoms with Crippen LogP contribution >= 0.6 is 0 Å². The van der Waals surface area contributed by atoms with Crippen molar-refractivity contribution in [1.82, 2.24) is 9.97 Å². The van der Waals surface area contributed by atoms with Crippen LogP contribution in [-0.2, 0) is 4.79 Å². The van der Waals surface area contributed by atoms with Gasteiger partial charge in [-0.25, -0.2) is 14.4 Å². The summed E-state index contributed by atoms with van der Waals surface area (Å²) in [5.74, 6) is -0.0273. The van der Waals surface area contributed by atoms with Crippen molar-refractivity contribution in [2.24, 2.45) is 0 Å². The number of hydrogen-bond donors (Lipinski definition) is 1. The molecule has 118 valence electrons. The third kappa shape index (κ3) is 2.98. The van der Waals surface area contributed by atoms with E-state index in [2.05, 4.69) is 15.3 Å². The smallest absolute Gasteiger partial charge is 0.262 e. The van der Waals surface area contributed by atoms with Crippen molar-refractivity contribution in [1.29, 1.82) is 0 Å². The summed E-state index contributed by atoms with van der Waals surface area (Å²) in [7, 11) is 0. The molecular weight excluding hydrogens is 301 g/mol. The predicted molar refractivity (Wildman–Crippen MR) is 81.8 cm³/mol. The SMILES string of the molecule is Cc1oc2ncnc(OCC(=O)Nc3ccccc3F)c2c1C. The number of nitrogens with zero attached hydrogens (tertiary/aromatic N) is 2. The number of carbonyl (C=O) groups is 1. The van der Waals surface area contributed by atoms with E-state index < -0.39 is 11.7 Å². The average molecular weight is 315 g/mol. The van der Waals surface area contributed by atoms with E-state index in [-0.39, 0.29) is 18.2 Å². The summed E-state index contributed by atoms with van der Waals surface area (Å²) in [6.07, 6.45) is 1.30. The van der Waals surface area contributed by atoms with E-state index in [0.717, 1.165) is 5.56 Å². The Balaban J connectivity index is 1.74. The van der Waals surface area contributed by atoms with Crippen LogP contribution in [0, 0.1) is 19.7 Å². The summed E-state index contributed by atoms with van der Waals surface area (Å²) < 4.78 is 24.4. The molecule has 0 aliphatic rings. The lowest BCUT2D eigenvalue weighted by Crippen LogP contribution is -2.21. The van der Waals surface area contributed by atoms with Gasteiger partial charge in [0.1, 0.15) is 23.3 Å². The van der Waals surface area contributed by atoms with Crippen LogP contribution in [0.15, 0.2) is 35.0 Å². The van der Waals surface area contributed by atoms with Gasteiger partial charge in [0.15, 0.2) is 6.61 Å². The number of aromatic nitrogens is 2. The largest absolute Gasteiger partial charge is 0.467 e. The fourth-order valence-electron chi connectivity index (χ4n) is 2.14. The number of para-hydroxylation sites is 1. The van der Waals surface area contributed by atoms with Crippen LogP contribution < -0.4 is 10.1 Å². The summed E-state index contributed by atoms with van der Waals surface area (Å²) in [5, 5.41) is 3.07. The van der Waals surface area contributed by atoms with Crippen molar-refractivity contribution >= 4 is 22.7 Å². The number of anilines is 1. The molecule has 0 unspecified atom stereocenters. The van der Waals surface area contributed by atoms with Crippen LogP contribution in [0.3, 0.4) is 0 Å². The highest BCUT2D eigenvalue weighted by Gasteiger charge is 2.16. The average Bonchev–Trinajstić information content (AvgIpc) is 2.83. The normalized spacial score (nSPS) is 10.7. The van der Waals surface area contributed by atoms with Gasteiger partial charge < -0.3 is 14.5 Å². The third-order valence-corrected chi connectivity index (χ3v) is 3.42. The number of hydrogen-bond acceptors (Lipinski definition) is 5. The monoisotopic (exact) mass is 315 g/mol. The molecule has 0 saturated heterocycles. The van der Waals surface area contributed by atoms with Gasteiger partial charge in [-0.1, -0.05) is 12.1 Å². The molecule has 6 nitrogen and oxygen atoms in total. The van der Waals surface area contributed by atoms with Crippen LogP contribution in [0.4, 0.5) is 10.1 Å². The molecule has 0 bridgehead atoms. The zero-order valence-electron chi connectivity index (χ0n) is 12.6. The molecule has 2 heterocycles. The summed E-state index contributed by atoms with van der Waals surface area (Å²) >= 11 is 0. The first-order valence-corrected chi connectivity index (χ1v) is 6.94. The number of aryl methyl sites for hydroxylation is 2. The van der Waals surface area contributed by atoms with Crippen molar-refractivity contribution in [3.63, 3.8) is 0 Å². The highest BCUT2D eigenvalue weighted by Crippen LogP contribution is 2.29. The maximum Gasteiger partial charge on any atom is 0.262 e. The van der Waals surface area contributed by atoms with Gasteiger partial charge in [-0.3, -0.25) is 4.79 Å². The van der Waals surface area contributed by atoms with E-state index in [4.69, 9.17) is 9.15 Å². The lowest BCUT2D eigenvalue weighted by molar-refractivity contribution is -0.118. The molecule has 0 atom stereocenters. The number of rotatable bonds is 4. The third-order valence-electron chi connectivity index (χ3n) is 3.42. The number of fused-ring (bicyclic) bond motifs is 1. The second-order valence-electron chi connectivity index (χ2n) is 4.96. The summed E-state index contributed by atoms with van der Waals surface area (Å²) in [5.41, 5.74) is 1.36. The molecule has 0 saturated carbocycles. The highest BCUT2D eigenvalue weighted by atomic mass is 19.1. The first kappa shape index (κ1) is 15.0. The van der Waals surface area contributed by atoms with Gasteiger partial charge in [-0.05, 0) is 26.0 Å². The number of ether oxygens (including phenoxy) is 1. The lowest BCUT2D eigenvalue weighted by Gasteiger charge is -2.08. The van der Waals surface area contributed by atoms with E-state index in [1.165, 1.54) is 18.5 Å². The minimum atomic E-state index is -0.508. The van der Waals surface area contributed by atoms with Crippen LogP contribution in [0.25, 0.3) is 11.1 Å². The Kier molecular flexibility index (Phi) is 3.92. The Morgan fingerprint density at radius 3 is 2.87 bits per heavy atom. The predicted octanol–water partition coefficient (Wildman–Crippen LogP) is 3.00. The van der Waals surface area contributed by atoms with Gasteiger partial charge in [0, 0.05) is 5.56 Å². The van der Waals surface area contributed by atoms with Crippen molar-refractivity contribution in [2.45, 2.75) is 13.8 Å². The number of furan rings is 1. The lowest BCUT2D eigenvalue weighted by atomic mass is 10.2. The second-order valence-corrected chi connectivity index (χ2v) is 4.96. The molecule has 0 radical (unpaired) electrons.